The predicted octanol–water partition coefficient (Wildman–Crippen LogP) is 3.90. The lowest BCUT2D eigenvalue weighted by molar-refractivity contribution is -0.137. The van der Waals surface area contributed by atoms with E-state index in [0.717, 1.165) is 0 Å². The van der Waals surface area contributed by atoms with E-state index in [1.54, 1.807) is 34.6 Å². The lowest BCUT2D eigenvalue weighted by Gasteiger charge is -2.21. The Bertz CT molecular complexity index is 566. The fourth-order valence-electron chi connectivity index (χ4n) is 1.53. The summed E-state index contributed by atoms with van der Waals surface area (Å²) in [6.45, 7) is 7.36. The molecule has 0 bridgehead atoms. The van der Waals surface area contributed by atoms with Crippen LogP contribution in [0.5, 0.6) is 11.5 Å². The third-order valence-electron chi connectivity index (χ3n) is 2.51. The second-order valence-electron chi connectivity index (χ2n) is 6.09. The van der Waals surface area contributed by atoms with Crippen molar-refractivity contribution in [1.82, 2.24) is 0 Å². The molecule has 0 unspecified atom stereocenters. The fraction of sp³-hybridized carbons (Fsp3) is 0.500. The van der Waals surface area contributed by atoms with Gasteiger partial charge < -0.3 is 14.2 Å². The number of hydrogen-bond donors (Lipinski definition) is 1. The van der Waals surface area contributed by atoms with Crippen LogP contribution in [0.15, 0.2) is 18.2 Å². The highest BCUT2D eigenvalue weighted by Gasteiger charge is 2.21. The number of hydrogen-bond acceptors (Lipinski definition) is 5. The van der Waals surface area contributed by atoms with Crippen LogP contribution in [0.2, 0.25) is 0 Å². The summed E-state index contributed by atoms with van der Waals surface area (Å²) in [5.41, 5.74) is -0.678. The third kappa shape index (κ3) is 6.14. The summed E-state index contributed by atoms with van der Waals surface area (Å²) in [6, 6.07) is 4.44. The Balaban J connectivity index is 3.09. The topological polar surface area (TPSA) is 73.9 Å². The van der Waals surface area contributed by atoms with Crippen molar-refractivity contribution in [3.05, 3.63) is 18.2 Å². The first kappa shape index (κ1) is 18.7. The molecule has 1 N–H and O–H groups in total. The van der Waals surface area contributed by atoms with Gasteiger partial charge in [-0.1, -0.05) is 19.9 Å². The van der Waals surface area contributed by atoms with E-state index in [1.165, 1.54) is 18.2 Å². The van der Waals surface area contributed by atoms with Gasteiger partial charge in [0, 0.05) is 0 Å². The first-order valence-electron chi connectivity index (χ1n) is 7.17. The molecule has 0 saturated heterocycles. The van der Waals surface area contributed by atoms with E-state index in [9.17, 15) is 14.0 Å². The molecule has 1 rings (SSSR count). The highest BCUT2D eigenvalue weighted by molar-refractivity contribution is 5.90. The van der Waals surface area contributed by atoms with Crippen molar-refractivity contribution in [2.45, 2.75) is 40.2 Å². The molecule has 1 aromatic rings. The van der Waals surface area contributed by atoms with E-state index < -0.39 is 24.5 Å². The Kier molecular flexibility index (Phi) is 6.36. The molecule has 0 fully saturated rings. The molecule has 0 aliphatic heterocycles. The van der Waals surface area contributed by atoms with Gasteiger partial charge in [-0.15, -0.1) is 0 Å². The lowest BCUT2D eigenvalue weighted by Crippen LogP contribution is -2.27. The molecule has 0 aliphatic rings. The van der Waals surface area contributed by atoms with Gasteiger partial charge in [0.05, 0.1) is 5.92 Å². The van der Waals surface area contributed by atoms with Crippen LogP contribution in [0.1, 0.15) is 34.6 Å². The van der Waals surface area contributed by atoms with Crippen LogP contribution in [0.3, 0.4) is 0 Å². The highest BCUT2D eigenvalue weighted by Crippen LogP contribution is 2.35. The van der Waals surface area contributed by atoms with Crippen LogP contribution < -0.4 is 14.8 Å². The van der Waals surface area contributed by atoms with Crippen molar-refractivity contribution in [2.24, 2.45) is 5.92 Å². The smallest absolute Gasteiger partial charge is 0.412 e. The standard InChI is InChI=1S/C16H22FNO5/c1-10(2)14(19)22-12-8-6-7-11(21-9-17)13(12)18-15(20)23-16(3,4)5/h6-8,10H,9H2,1-5H3,(H,18,20). The SMILES string of the molecule is CC(C)C(=O)Oc1cccc(OCF)c1NC(=O)OC(C)(C)C. The number of para-hydroxylation sites is 1. The minimum atomic E-state index is -1.09. The molecule has 0 aromatic heterocycles. The number of amides is 1. The number of halogens is 1. The number of carbonyl (C=O) groups is 2. The zero-order valence-corrected chi connectivity index (χ0v) is 13.9. The van der Waals surface area contributed by atoms with Crippen LogP contribution in [0.25, 0.3) is 0 Å². The molecule has 6 nitrogen and oxygen atoms in total. The molecule has 0 atom stereocenters. The number of esters is 1. The van der Waals surface area contributed by atoms with Gasteiger partial charge in [0.2, 0.25) is 6.86 Å². The van der Waals surface area contributed by atoms with Crippen LogP contribution in [-0.2, 0) is 9.53 Å². The molecule has 0 saturated carbocycles. The zero-order chi connectivity index (χ0) is 17.6. The van der Waals surface area contributed by atoms with E-state index in [4.69, 9.17) is 14.2 Å². The first-order valence-corrected chi connectivity index (χ1v) is 7.17. The average Bonchev–Trinajstić information content (AvgIpc) is 2.40. The molecule has 7 heteroatoms. The number of anilines is 1. The summed E-state index contributed by atoms with van der Waals surface area (Å²) in [7, 11) is 0. The number of nitrogens with one attached hydrogen (secondary N) is 1. The second-order valence-corrected chi connectivity index (χ2v) is 6.09. The zero-order valence-electron chi connectivity index (χ0n) is 13.9. The van der Waals surface area contributed by atoms with E-state index >= 15 is 0 Å². The monoisotopic (exact) mass is 327 g/mol. The second kappa shape index (κ2) is 7.80. The van der Waals surface area contributed by atoms with Gasteiger partial charge in [0.1, 0.15) is 17.0 Å². The quantitative estimate of drug-likeness (QED) is 0.656. The van der Waals surface area contributed by atoms with Crippen LogP contribution in [0.4, 0.5) is 14.9 Å². The number of carbonyl (C=O) groups excluding carboxylic acids is 2. The summed E-state index contributed by atoms with van der Waals surface area (Å²) in [6.07, 6.45) is -0.769. The molecule has 0 spiro atoms. The van der Waals surface area contributed by atoms with Crippen molar-refractivity contribution in [2.75, 3.05) is 12.2 Å². The van der Waals surface area contributed by atoms with Crippen LogP contribution >= 0.6 is 0 Å². The van der Waals surface area contributed by atoms with Gasteiger partial charge in [-0.2, -0.15) is 0 Å². The molecule has 0 heterocycles. The summed E-state index contributed by atoms with van der Waals surface area (Å²) >= 11 is 0. The Morgan fingerprint density at radius 3 is 2.35 bits per heavy atom. The Morgan fingerprint density at radius 1 is 1.22 bits per heavy atom. The van der Waals surface area contributed by atoms with Crippen molar-refractivity contribution < 1.29 is 28.2 Å². The maximum Gasteiger partial charge on any atom is 0.412 e. The minimum absolute atomic E-state index is 0.0346. The first-order chi connectivity index (χ1) is 10.6. The molecule has 1 aromatic carbocycles. The normalized spacial score (nSPS) is 11.1. The minimum Gasteiger partial charge on any atom is -0.461 e. The van der Waals surface area contributed by atoms with Crippen molar-refractivity contribution >= 4 is 17.7 Å². The van der Waals surface area contributed by atoms with Crippen LogP contribution in [0, 0.1) is 5.92 Å². The number of ether oxygens (including phenoxy) is 3. The maximum absolute atomic E-state index is 12.5. The Morgan fingerprint density at radius 2 is 1.83 bits per heavy atom. The molecule has 0 aliphatic carbocycles. The summed E-state index contributed by atoms with van der Waals surface area (Å²) in [4.78, 5) is 23.7. The average molecular weight is 327 g/mol. The summed E-state index contributed by atoms with van der Waals surface area (Å²) < 4.78 is 27.7. The van der Waals surface area contributed by atoms with Crippen molar-refractivity contribution in [1.29, 1.82) is 0 Å². The van der Waals surface area contributed by atoms with Gasteiger partial charge in [-0.3, -0.25) is 10.1 Å². The lowest BCUT2D eigenvalue weighted by atomic mass is 10.2. The summed E-state index contributed by atoms with van der Waals surface area (Å²) in [5.74, 6) is -0.766. The molecule has 1 amide bonds. The molecular formula is C16H22FNO5. The Hall–Kier alpha value is -2.31. The van der Waals surface area contributed by atoms with E-state index in [0.29, 0.717) is 0 Å². The van der Waals surface area contributed by atoms with Gasteiger partial charge in [-0.25, -0.2) is 9.18 Å². The molecule has 0 radical (unpaired) electrons. The van der Waals surface area contributed by atoms with Gasteiger partial charge >= 0.3 is 12.1 Å². The van der Waals surface area contributed by atoms with E-state index in [2.05, 4.69) is 5.32 Å². The van der Waals surface area contributed by atoms with Crippen molar-refractivity contribution in [3.63, 3.8) is 0 Å². The summed E-state index contributed by atoms with van der Waals surface area (Å²) in [5, 5.41) is 2.43. The Labute approximate surface area is 134 Å². The van der Waals surface area contributed by atoms with Crippen LogP contribution in [-0.4, -0.2) is 24.5 Å². The molecular weight excluding hydrogens is 305 g/mol. The van der Waals surface area contributed by atoms with Crippen molar-refractivity contribution in [3.8, 4) is 11.5 Å². The van der Waals surface area contributed by atoms with Gasteiger partial charge in [-0.05, 0) is 32.9 Å². The van der Waals surface area contributed by atoms with Gasteiger partial charge in [0.25, 0.3) is 0 Å². The predicted molar refractivity (Wildman–Crippen MR) is 83.4 cm³/mol. The number of rotatable bonds is 5. The van der Waals surface area contributed by atoms with E-state index in [1.807, 2.05) is 0 Å². The van der Waals surface area contributed by atoms with Gasteiger partial charge in [0.15, 0.2) is 5.75 Å². The fourth-order valence-corrected chi connectivity index (χ4v) is 1.53. The molecule has 128 valence electrons. The number of benzene rings is 1. The maximum atomic E-state index is 12.5. The van der Waals surface area contributed by atoms with E-state index in [-0.39, 0.29) is 23.1 Å². The molecule has 23 heavy (non-hydrogen) atoms. The highest BCUT2D eigenvalue weighted by atomic mass is 19.1. The third-order valence-corrected chi connectivity index (χ3v) is 2.51. The largest absolute Gasteiger partial charge is 0.461 e. The number of alkyl halides is 1.